The number of hydrogen-bond donors (Lipinski definition) is 2. The van der Waals surface area contributed by atoms with Crippen molar-refractivity contribution in [3.63, 3.8) is 0 Å². The molecule has 0 bridgehead atoms. The van der Waals surface area contributed by atoms with Crippen LogP contribution in [0.5, 0.6) is 0 Å². The molecule has 5 nitrogen and oxygen atoms in total. The van der Waals surface area contributed by atoms with Gasteiger partial charge in [0.25, 0.3) is 0 Å². The van der Waals surface area contributed by atoms with Crippen molar-refractivity contribution in [2.45, 2.75) is 31.7 Å². The number of ether oxygens (including phenoxy) is 1. The highest BCUT2D eigenvalue weighted by Crippen LogP contribution is 2.37. The van der Waals surface area contributed by atoms with Crippen LogP contribution in [-0.2, 0) is 4.74 Å². The van der Waals surface area contributed by atoms with Crippen molar-refractivity contribution in [1.82, 2.24) is 0 Å². The van der Waals surface area contributed by atoms with Crippen molar-refractivity contribution in [3.8, 4) is 0 Å². The van der Waals surface area contributed by atoms with E-state index in [1.165, 1.54) is 7.11 Å². The summed E-state index contributed by atoms with van der Waals surface area (Å²) >= 11 is 6.33. The molecule has 0 aliphatic heterocycles. The van der Waals surface area contributed by atoms with Gasteiger partial charge in [0, 0.05) is 18.3 Å². The van der Waals surface area contributed by atoms with E-state index in [4.69, 9.17) is 22.1 Å². The Labute approximate surface area is 129 Å². The molecule has 0 aromatic heterocycles. The van der Waals surface area contributed by atoms with Gasteiger partial charge in [-0.25, -0.2) is 4.79 Å². The van der Waals surface area contributed by atoms with Gasteiger partial charge in [-0.05, 0) is 25.0 Å². The molecular weight excluding hydrogens is 292 g/mol. The fraction of sp³-hybridized carbons (Fsp3) is 0.533. The molecule has 0 amide bonds. The number of nitrogen functional groups attached to an aromatic ring is 1. The van der Waals surface area contributed by atoms with Crippen molar-refractivity contribution in [1.29, 1.82) is 0 Å². The number of anilines is 2. The normalized spacial score (nSPS) is 15.2. The van der Waals surface area contributed by atoms with Crippen LogP contribution in [-0.4, -0.2) is 37.4 Å². The number of rotatable bonds is 5. The summed E-state index contributed by atoms with van der Waals surface area (Å²) in [6, 6.07) is 3.48. The topological polar surface area (TPSA) is 75.8 Å². The van der Waals surface area contributed by atoms with Gasteiger partial charge in [-0.3, -0.25) is 0 Å². The summed E-state index contributed by atoms with van der Waals surface area (Å²) < 4.78 is 4.84. The maximum Gasteiger partial charge on any atom is 0.340 e. The second kappa shape index (κ2) is 7.00. The number of esters is 1. The summed E-state index contributed by atoms with van der Waals surface area (Å²) in [5.74, 6) is -0.472. The first-order chi connectivity index (χ1) is 10.1. The number of benzene rings is 1. The predicted molar refractivity (Wildman–Crippen MR) is 83.9 cm³/mol. The zero-order chi connectivity index (χ0) is 15.4. The smallest absolute Gasteiger partial charge is 0.340 e. The van der Waals surface area contributed by atoms with E-state index in [2.05, 4.69) is 0 Å². The van der Waals surface area contributed by atoms with E-state index in [-0.39, 0.29) is 12.6 Å². The number of hydrogen-bond acceptors (Lipinski definition) is 5. The largest absolute Gasteiger partial charge is 0.465 e. The molecule has 6 heteroatoms. The second-order valence-corrected chi connectivity index (χ2v) is 5.65. The molecule has 1 aliphatic rings. The van der Waals surface area contributed by atoms with Crippen molar-refractivity contribution >= 4 is 28.9 Å². The molecule has 1 fully saturated rings. The molecule has 3 N–H and O–H groups in total. The maximum absolute atomic E-state index is 12.0. The van der Waals surface area contributed by atoms with E-state index in [0.29, 0.717) is 28.5 Å². The Balaban J connectivity index is 2.49. The Kier molecular flexibility index (Phi) is 5.31. The first-order valence-corrected chi connectivity index (χ1v) is 7.51. The number of carbonyl (C=O) groups excluding carboxylic acids is 1. The fourth-order valence-corrected chi connectivity index (χ4v) is 3.31. The molecule has 21 heavy (non-hydrogen) atoms. The molecule has 1 aromatic rings. The van der Waals surface area contributed by atoms with Gasteiger partial charge in [0.1, 0.15) is 0 Å². The molecule has 1 aliphatic carbocycles. The molecular formula is C15H21ClN2O3. The number of methoxy groups -OCH3 is 1. The van der Waals surface area contributed by atoms with Gasteiger partial charge in [0.15, 0.2) is 0 Å². The van der Waals surface area contributed by atoms with Gasteiger partial charge in [-0.15, -0.1) is 0 Å². The molecule has 1 aromatic carbocycles. The number of aliphatic hydroxyl groups excluding tert-OH is 1. The standard InChI is InChI=1S/C15H21ClN2O3/c1-21-15(20)12-8-10(17)9-13(16)14(12)18(6-7-19)11-4-2-3-5-11/h8-9,11,19H,2-7,17H2,1H3. The van der Waals surface area contributed by atoms with Gasteiger partial charge in [0.05, 0.1) is 30.0 Å². The Hall–Kier alpha value is -1.46. The van der Waals surface area contributed by atoms with Crippen LogP contribution in [0.4, 0.5) is 11.4 Å². The molecule has 0 heterocycles. The lowest BCUT2D eigenvalue weighted by Crippen LogP contribution is -2.37. The van der Waals surface area contributed by atoms with Crippen LogP contribution in [0.15, 0.2) is 12.1 Å². The number of halogens is 1. The second-order valence-electron chi connectivity index (χ2n) is 5.25. The van der Waals surface area contributed by atoms with Gasteiger partial charge in [0.2, 0.25) is 0 Å². The minimum atomic E-state index is -0.472. The van der Waals surface area contributed by atoms with Gasteiger partial charge >= 0.3 is 5.97 Å². The number of carbonyl (C=O) groups is 1. The van der Waals surface area contributed by atoms with E-state index in [9.17, 15) is 9.90 Å². The molecule has 0 atom stereocenters. The molecule has 2 rings (SSSR count). The third-order valence-corrected chi connectivity index (χ3v) is 4.17. The number of aliphatic hydroxyl groups is 1. The Bertz CT molecular complexity index is 516. The van der Waals surface area contributed by atoms with Gasteiger partial charge in [-0.2, -0.15) is 0 Å². The molecule has 116 valence electrons. The van der Waals surface area contributed by atoms with Crippen molar-refractivity contribution < 1.29 is 14.6 Å². The quantitative estimate of drug-likeness (QED) is 0.645. The molecule has 1 saturated carbocycles. The maximum atomic E-state index is 12.0. The van der Waals surface area contributed by atoms with Crippen LogP contribution in [0.25, 0.3) is 0 Å². The van der Waals surface area contributed by atoms with Crippen LogP contribution < -0.4 is 10.6 Å². The van der Waals surface area contributed by atoms with Gasteiger partial charge < -0.3 is 20.5 Å². The zero-order valence-electron chi connectivity index (χ0n) is 12.1. The monoisotopic (exact) mass is 312 g/mol. The summed E-state index contributed by atoms with van der Waals surface area (Å²) in [6.45, 7) is 0.427. The van der Waals surface area contributed by atoms with Crippen LogP contribution in [0.2, 0.25) is 5.02 Å². The summed E-state index contributed by atoms with van der Waals surface area (Å²) in [5.41, 5.74) is 7.16. The van der Waals surface area contributed by atoms with Crippen LogP contribution in [0.3, 0.4) is 0 Å². The van der Waals surface area contributed by atoms with E-state index >= 15 is 0 Å². The minimum Gasteiger partial charge on any atom is -0.465 e. The third kappa shape index (κ3) is 3.41. The van der Waals surface area contributed by atoms with Crippen molar-refractivity contribution in [2.24, 2.45) is 0 Å². The first-order valence-electron chi connectivity index (χ1n) is 7.13. The lowest BCUT2D eigenvalue weighted by molar-refractivity contribution is 0.0601. The Morgan fingerprint density at radius 1 is 1.48 bits per heavy atom. The van der Waals surface area contributed by atoms with Crippen molar-refractivity contribution in [3.05, 3.63) is 22.7 Å². The summed E-state index contributed by atoms with van der Waals surface area (Å²) in [7, 11) is 1.33. The number of nitrogens with zero attached hydrogens (tertiary/aromatic N) is 1. The predicted octanol–water partition coefficient (Wildman–Crippen LogP) is 2.45. The summed E-state index contributed by atoms with van der Waals surface area (Å²) in [4.78, 5) is 14.1. The van der Waals surface area contributed by atoms with Crippen LogP contribution >= 0.6 is 11.6 Å². The fourth-order valence-electron chi connectivity index (χ4n) is 2.98. The van der Waals surface area contributed by atoms with E-state index in [1.807, 2.05) is 4.90 Å². The first kappa shape index (κ1) is 15.9. The van der Waals surface area contributed by atoms with E-state index in [1.54, 1.807) is 12.1 Å². The number of nitrogens with two attached hydrogens (primary N) is 1. The third-order valence-electron chi connectivity index (χ3n) is 3.88. The molecule has 0 spiro atoms. The Morgan fingerprint density at radius 2 is 2.14 bits per heavy atom. The Morgan fingerprint density at radius 3 is 2.71 bits per heavy atom. The SMILES string of the molecule is COC(=O)c1cc(N)cc(Cl)c1N(CCO)C1CCCC1. The lowest BCUT2D eigenvalue weighted by Gasteiger charge is -2.32. The highest BCUT2D eigenvalue weighted by molar-refractivity contribution is 6.34. The van der Waals surface area contributed by atoms with Crippen LogP contribution in [0, 0.1) is 0 Å². The summed E-state index contributed by atoms with van der Waals surface area (Å²) in [5, 5.41) is 9.78. The van der Waals surface area contributed by atoms with Gasteiger partial charge in [-0.1, -0.05) is 24.4 Å². The highest BCUT2D eigenvalue weighted by Gasteiger charge is 2.28. The highest BCUT2D eigenvalue weighted by atomic mass is 35.5. The van der Waals surface area contributed by atoms with Crippen molar-refractivity contribution in [2.75, 3.05) is 30.9 Å². The average Bonchev–Trinajstić information content (AvgIpc) is 2.98. The van der Waals surface area contributed by atoms with E-state index < -0.39 is 5.97 Å². The van der Waals surface area contributed by atoms with Crippen LogP contribution in [0.1, 0.15) is 36.0 Å². The molecule has 0 radical (unpaired) electrons. The molecule has 0 saturated heterocycles. The summed E-state index contributed by atoms with van der Waals surface area (Å²) in [6.07, 6.45) is 4.35. The average molecular weight is 313 g/mol. The minimum absolute atomic E-state index is 0.00216. The lowest BCUT2D eigenvalue weighted by atomic mass is 10.1. The molecule has 0 unspecified atom stereocenters. The van der Waals surface area contributed by atoms with E-state index in [0.717, 1.165) is 25.7 Å². The zero-order valence-corrected chi connectivity index (χ0v) is 12.9.